The average Bonchev–Trinajstić information content (AvgIpc) is 2.35. The molecule has 0 aromatic heterocycles. The topological polar surface area (TPSA) is 53.7 Å². The summed E-state index contributed by atoms with van der Waals surface area (Å²) in [7, 11) is 1.67. The van der Waals surface area contributed by atoms with Gasteiger partial charge in [-0.25, -0.2) is 0 Å². The van der Waals surface area contributed by atoms with Gasteiger partial charge >= 0.3 is 0 Å². The largest absolute Gasteiger partial charge is 0.493 e. The first kappa shape index (κ1) is 13.2. The van der Waals surface area contributed by atoms with Crippen molar-refractivity contribution in [3.63, 3.8) is 0 Å². The first-order chi connectivity index (χ1) is 8.83. The molecule has 1 aliphatic rings. The molecule has 0 saturated carbocycles. The van der Waals surface area contributed by atoms with Gasteiger partial charge in [0.2, 0.25) is 0 Å². The lowest BCUT2D eigenvalue weighted by atomic mass is 10.1. The zero-order chi connectivity index (χ0) is 12.8. The Morgan fingerprint density at radius 2 is 2.11 bits per heavy atom. The van der Waals surface area contributed by atoms with Crippen molar-refractivity contribution in [3.8, 4) is 11.5 Å². The third-order valence-electron chi connectivity index (χ3n) is 3.05. The summed E-state index contributed by atoms with van der Waals surface area (Å²) in [6.45, 7) is 2.09. The summed E-state index contributed by atoms with van der Waals surface area (Å²) in [5, 5.41) is 0. The van der Waals surface area contributed by atoms with Crippen LogP contribution in [0.2, 0.25) is 0 Å². The smallest absolute Gasteiger partial charge is 0.161 e. The highest BCUT2D eigenvalue weighted by Crippen LogP contribution is 2.30. The second-order valence-electron chi connectivity index (χ2n) is 4.51. The number of methoxy groups -OCH3 is 1. The monoisotopic (exact) mass is 251 g/mol. The number of unbranched alkanes of at least 4 members (excludes halogenated alkanes) is 1. The van der Waals surface area contributed by atoms with E-state index in [1.54, 1.807) is 7.11 Å². The molecule has 2 N–H and O–H groups in total. The van der Waals surface area contributed by atoms with Crippen molar-refractivity contribution in [2.24, 2.45) is 5.73 Å². The van der Waals surface area contributed by atoms with Crippen molar-refractivity contribution >= 4 is 0 Å². The molecule has 0 radical (unpaired) electrons. The van der Waals surface area contributed by atoms with Crippen LogP contribution in [0.1, 0.15) is 18.4 Å². The van der Waals surface area contributed by atoms with Crippen LogP contribution in [-0.4, -0.2) is 33.0 Å². The lowest BCUT2D eigenvalue weighted by Gasteiger charge is -2.27. The van der Waals surface area contributed by atoms with Crippen LogP contribution in [0.15, 0.2) is 18.2 Å². The Labute approximate surface area is 108 Å². The molecule has 100 valence electrons. The Balaban J connectivity index is 1.97. The molecule has 1 fully saturated rings. The van der Waals surface area contributed by atoms with Crippen LogP contribution in [0.4, 0.5) is 0 Å². The summed E-state index contributed by atoms with van der Waals surface area (Å²) in [5.74, 6) is 1.60. The summed E-state index contributed by atoms with van der Waals surface area (Å²) in [6, 6.07) is 6.12. The molecule has 2 rings (SSSR count). The Bertz CT molecular complexity index is 377. The van der Waals surface area contributed by atoms with Crippen molar-refractivity contribution in [1.29, 1.82) is 0 Å². The quantitative estimate of drug-likeness (QED) is 0.750. The number of nitrogens with two attached hydrogens (primary N) is 1. The fourth-order valence-electron chi connectivity index (χ4n) is 1.90. The first-order valence-electron chi connectivity index (χ1n) is 6.45. The van der Waals surface area contributed by atoms with E-state index in [1.165, 1.54) is 5.56 Å². The lowest BCUT2D eigenvalue weighted by Crippen LogP contribution is -2.38. The Kier molecular flexibility index (Phi) is 4.84. The molecule has 1 aromatic rings. The van der Waals surface area contributed by atoms with Gasteiger partial charge in [-0.15, -0.1) is 0 Å². The van der Waals surface area contributed by atoms with Crippen molar-refractivity contribution in [1.82, 2.24) is 0 Å². The highest BCUT2D eigenvalue weighted by molar-refractivity contribution is 5.43. The molecular formula is C14H21NO3. The van der Waals surface area contributed by atoms with E-state index in [9.17, 15) is 0 Å². The maximum Gasteiger partial charge on any atom is 0.161 e. The Hall–Kier alpha value is -1.26. The minimum atomic E-state index is 0.169. The number of aryl methyl sites for hydroxylation is 1. The number of hydrogen-bond donors (Lipinski definition) is 1. The SMILES string of the molecule is COc1cc(CCCCN)ccc1OC1COC1. The maximum absolute atomic E-state index is 5.78. The molecule has 0 spiro atoms. The Morgan fingerprint density at radius 1 is 1.28 bits per heavy atom. The average molecular weight is 251 g/mol. The summed E-state index contributed by atoms with van der Waals surface area (Å²) >= 11 is 0. The fourth-order valence-corrected chi connectivity index (χ4v) is 1.90. The molecule has 0 aliphatic carbocycles. The molecule has 4 nitrogen and oxygen atoms in total. The van der Waals surface area contributed by atoms with E-state index in [1.807, 2.05) is 12.1 Å². The van der Waals surface area contributed by atoms with Gasteiger partial charge in [0.15, 0.2) is 11.5 Å². The van der Waals surface area contributed by atoms with Gasteiger partial charge in [0.05, 0.1) is 20.3 Å². The van der Waals surface area contributed by atoms with E-state index in [0.29, 0.717) is 13.2 Å². The Morgan fingerprint density at radius 3 is 2.72 bits per heavy atom. The van der Waals surface area contributed by atoms with E-state index in [2.05, 4.69) is 6.07 Å². The molecule has 18 heavy (non-hydrogen) atoms. The maximum atomic E-state index is 5.78. The standard InChI is InChI=1S/C14H21NO3/c1-16-14-8-11(4-2-3-7-15)5-6-13(14)18-12-9-17-10-12/h5-6,8,12H,2-4,7,9-10,15H2,1H3. The second kappa shape index (κ2) is 6.61. The van der Waals surface area contributed by atoms with Gasteiger partial charge in [0.1, 0.15) is 6.10 Å². The van der Waals surface area contributed by atoms with Gasteiger partial charge < -0.3 is 19.9 Å². The molecule has 1 aliphatic heterocycles. The zero-order valence-electron chi connectivity index (χ0n) is 10.9. The zero-order valence-corrected chi connectivity index (χ0v) is 10.9. The van der Waals surface area contributed by atoms with Crippen LogP contribution in [0.3, 0.4) is 0 Å². The summed E-state index contributed by atoms with van der Waals surface area (Å²) < 4.78 is 16.2. The van der Waals surface area contributed by atoms with E-state index in [0.717, 1.165) is 37.3 Å². The predicted octanol–water partition coefficient (Wildman–Crippen LogP) is 1.75. The summed E-state index contributed by atoms with van der Waals surface area (Å²) in [6.07, 6.45) is 3.36. The predicted molar refractivity (Wildman–Crippen MR) is 70.2 cm³/mol. The summed E-state index contributed by atoms with van der Waals surface area (Å²) in [4.78, 5) is 0. The van der Waals surface area contributed by atoms with E-state index >= 15 is 0 Å². The van der Waals surface area contributed by atoms with Gasteiger partial charge in [-0.1, -0.05) is 6.07 Å². The molecule has 0 amide bonds. The van der Waals surface area contributed by atoms with Gasteiger partial charge in [-0.05, 0) is 43.5 Å². The van der Waals surface area contributed by atoms with Crippen molar-refractivity contribution in [3.05, 3.63) is 23.8 Å². The van der Waals surface area contributed by atoms with E-state index in [-0.39, 0.29) is 6.10 Å². The third kappa shape index (κ3) is 3.37. The molecule has 0 unspecified atom stereocenters. The molecule has 4 heteroatoms. The number of rotatable bonds is 7. The molecule has 1 heterocycles. The van der Waals surface area contributed by atoms with Crippen molar-refractivity contribution in [2.75, 3.05) is 26.9 Å². The van der Waals surface area contributed by atoms with Crippen LogP contribution >= 0.6 is 0 Å². The van der Waals surface area contributed by atoms with E-state index < -0.39 is 0 Å². The third-order valence-corrected chi connectivity index (χ3v) is 3.05. The number of ether oxygens (including phenoxy) is 3. The van der Waals surface area contributed by atoms with Gasteiger partial charge in [0.25, 0.3) is 0 Å². The molecular weight excluding hydrogens is 230 g/mol. The van der Waals surface area contributed by atoms with Crippen LogP contribution in [0.5, 0.6) is 11.5 Å². The van der Waals surface area contributed by atoms with Crippen LogP contribution in [0, 0.1) is 0 Å². The fraction of sp³-hybridized carbons (Fsp3) is 0.571. The van der Waals surface area contributed by atoms with Crippen molar-refractivity contribution < 1.29 is 14.2 Å². The van der Waals surface area contributed by atoms with Crippen molar-refractivity contribution in [2.45, 2.75) is 25.4 Å². The minimum absolute atomic E-state index is 0.169. The number of benzene rings is 1. The highest BCUT2D eigenvalue weighted by Gasteiger charge is 2.21. The van der Waals surface area contributed by atoms with Crippen LogP contribution in [-0.2, 0) is 11.2 Å². The first-order valence-corrected chi connectivity index (χ1v) is 6.45. The van der Waals surface area contributed by atoms with Crippen LogP contribution in [0.25, 0.3) is 0 Å². The second-order valence-corrected chi connectivity index (χ2v) is 4.51. The van der Waals surface area contributed by atoms with Gasteiger partial charge in [0, 0.05) is 0 Å². The van der Waals surface area contributed by atoms with Gasteiger partial charge in [-0.3, -0.25) is 0 Å². The van der Waals surface area contributed by atoms with Gasteiger partial charge in [-0.2, -0.15) is 0 Å². The normalized spacial score (nSPS) is 15.2. The molecule has 0 atom stereocenters. The van der Waals surface area contributed by atoms with E-state index in [4.69, 9.17) is 19.9 Å². The lowest BCUT2D eigenvalue weighted by molar-refractivity contribution is -0.0803. The highest BCUT2D eigenvalue weighted by atomic mass is 16.6. The van der Waals surface area contributed by atoms with Crippen LogP contribution < -0.4 is 15.2 Å². The molecule has 1 aromatic carbocycles. The molecule has 0 bridgehead atoms. The minimum Gasteiger partial charge on any atom is -0.493 e. The summed E-state index contributed by atoms with van der Waals surface area (Å²) in [5.41, 5.74) is 6.75. The molecule has 1 saturated heterocycles. The number of hydrogen-bond acceptors (Lipinski definition) is 4.